The fraction of sp³-hybridized carbons (Fsp3) is 0.154. The standard InChI is InChI=1S/C26H22BrNO4S/c1-17-5-3-7-20(11-17)16-32-22-10-9-18(13-23(22)31-2)14-24-25(29)28(26(30)33-24)15-19-6-4-8-21(27)12-19/h3-14H,15-16H2,1-2H3/b24-14-. The lowest BCUT2D eigenvalue weighted by molar-refractivity contribution is -0.123. The van der Waals surface area contributed by atoms with Crippen LogP contribution in [0.15, 0.2) is 76.1 Å². The van der Waals surface area contributed by atoms with Crippen molar-refractivity contribution in [2.24, 2.45) is 0 Å². The first kappa shape index (κ1) is 23.1. The van der Waals surface area contributed by atoms with Gasteiger partial charge in [-0.15, -0.1) is 0 Å². The Morgan fingerprint density at radius 1 is 0.970 bits per heavy atom. The van der Waals surface area contributed by atoms with Crippen LogP contribution in [0.3, 0.4) is 0 Å². The third kappa shape index (κ3) is 5.67. The topological polar surface area (TPSA) is 55.8 Å². The van der Waals surface area contributed by atoms with Crippen molar-refractivity contribution in [3.63, 3.8) is 0 Å². The van der Waals surface area contributed by atoms with Crippen LogP contribution in [0.25, 0.3) is 6.08 Å². The van der Waals surface area contributed by atoms with Crippen molar-refractivity contribution in [3.8, 4) is 11.5 Å². The van der Waals surface area contributed by atoms with E-state index in [2.05, 4.69) is 22.0 Å². The average Bonchev–Trinajstić information content (AvgIpc) is 3.05. The van der Waals surface area contributed by atoms with Gasteiger partial charge in [-0.2, -0.15) is 0 Å². The number of aryl methyl sites for hydroxylation is 1. The predicted octanol–water partition coefficient (Wildman–Crippen LogP) is 6.58. The molecule has 1 heterocycles. The van der Waals surface area contributed by atoms with E-state index in [0.29, 0.717) is 23.0 Å². The molecule has 0 N–H and O–H groups in total. The zero-order chi connectivity index (χ0) is 23.4. The number of halogens is 1. The van der Waals surface area contributed by atoms with Crippen molar-refractivity contribution in [1.29, 1.82) is 0 Å². The monoisotopic (exact) mass is 523 g/mol. The lowest BCUT2D eigenvalue weighted by Crippen LogP contribution is -2.27. The Labute approximate surface area is 205 Å². The molecule has 168 valence electrons. The minimum absolute atomic E-state index is 0.233. The van der Waals surface area contributed by atoms with E-state index in [1.54, 1.807) is 19.3 Å². The van der Waals surface area contributed by atoms with Gasteiger partial charge in [-0.25, -0.2) is 0 Å². The van der Waals surface area contributed by atoms with Crippen LogP contribution in [0.5, 0.6) is 11.5 Å². The quantitative estimate of drug-likeness (QED) is 0.327. The molecule has 5 nitrogen and oxygen atoms in total. The van der Waals surface area contributed by atoms with Crippen molar-refractivity contribution in [1.82, 2.24) is 4.90 Å². The van der Waals surface area contributed by atoms with Crippen LogP contribution in [-0.2, 0) is 17.9 Å². The Morgan fingerprint density at radius 2 is 1.76 bits per heavy atom. The van der Waals surface area contributed by atoms with E-state index in [1.807, 2.05) is 61.5 Å². The number of hydrogen-bond donors (Lipinski definition) is 0. The van der Waals surface area contributed by atoms with Crippen LogP contribution >= 0.6 is 27.7 Å². The second-order valence-corrected chi connectivity index (χ2v) is 9.49. The number of imide groups is 1. The van der Waals surface area contributed by atoms with Crippen LogP contribution in [0, 0.1) is 6.92 Å². The largest absolute Gasteiger partial charge is 0.493 e. The van der Waals surface area contributed by atoms with Gasteiger partial charge in [-0.1, -0.05) is 64.0 Å². The number of ether oxygens (including phenoxy) is 2. The van der Waals surface area contributed by atoms with Crippen LogP contribution in [0.4, 0.5) is 4.79 Å². The summed E-state index contributed by atoms with van der Waals surface area (Å²) in [7, 11) is 1.57. The lowest BCUT2D eigenvalue weighted by Gasteiger charge is -2.13. The fourth-order valence-electron chi connectivity index (χ4n) is 3.46. The lowest BCUT2D eigenvalue weighted by atomic mass is 10.1. The van der Waals surface area contributed by atoms with Gasteiger partial charge in [-0.3, -0.25) is 14.5 Å². The summed E-state index contributed by atoms with van der Waals surface area (Å²) in [6.07, 6.45) is 1.71. The van der Waals surface area contributed by atoms with Gasteiger partial charge < -0.3 is 9.47 Å². The first-order valence-electron chi connectivity index (χ1n) is 10.3. The van der Waals surface area contributed by atoms with Crippen molar-refractivity contribution < 1.29 is 19.1 Å². The van der Waals surface area contributed by atoms with Crippen molar-refractivity contribution in [3.05, 3.63) is 98.4 Å². The Hall–Kier alpha value is -3.03. The van der Waals surface area contributed by atoms with Crippen LogP contribution in [0.1, 0.15) is 22.3 Å². The van der Waals surface area contributed by atoms with Crippen LogP contribution < -0.4 is 9.47 Å². The van der Waals surface area contributed by atoms with Crippen molar-refractivity contribution in [2.75, 3.05) is 7.11 Å². The summed E-state index contributed by atoms with van der Waals surface area (Å²) in [5.74, 6) is 0.868. The molecule has 4 rings (SSSR count). The summed E-state index contributed by atoms with van der Waals surface area (Å²) < 4.78 is 12.3. The van der Waals surface area contributed by atoms with E-state index in [-0.39, 0.29) is 17.7 Å². The molecule has 7 heteroatoms. The maximum Gasteiger partial charge on any atom is 0.293 e. The molecule has 0 unspecified atom stereocenters. The second kappa shape index (κ2) is 10.3. The van der Waals surface area contributed by atoms with E-state index < -0.39 is 0 Å². The molecular weight excluding hydrogens is 502 g/mol. The minimum atomic E-state index is -0.302. The summed E-state index contributed by atoms with van der Waals surface area (Å²) in [6.45, 7) is 2.70. The maximum atomic E-state index is 12.9. The van der Waals surface area contributed by atoms with E-state index in [1.165, 1.54) is 10.5 Å². The summed E-state index contributed by atoms with van der Waals surface area (Å²) in [6, 6.07) is 21.1. The predicted molar refractivity (Wildman–Crippen MR) is 134 cm³/mol. The SMILES string of the molecule is COc1cc(/C=C2\SC(=O)N(Cc3cccc(Br)c3)C2=O)ccc1OCc1cccc(C)c1. The van der Waals surface area contributed by atoms with Gasteiger partial charge in [0.25, 0.3) is 11.1 Å². The molecule has 1 aliphatic heterocycles. The van der Waals surface area contributed by atoms with Crippen molar-refractivity contribution in [2.45, 2.75) is 20.1 Å². The molecule has 0 atom stereocenters. The van der Waals surface area contributed by atoms with E-state index in [4.69, 9.17) is 9.47 Å². The van der Waals surface area contributed by atoms with Crippen molar-refractivity contribution >= 4 is 44.9 Å². The van der Waals surface area contributed by atoms with Crippen LogP contribution in [0.2, 0.25) is 0 Å². The Balaban J connectivity index is 1.49. The third-order valence-electron chi connectivity index (χ3n) is 5.07. The number of thioether (sulfide) groups is 1. The third-order valence-corrected chi connectivity index (χ3v) is 6.47. The number of benzene rings is 3. The molecular formula is C26H22BrNO4S. The van der Waals surface area contributed by atoms with Gasteiger partial charge in [0.1, 0.15) is 6.61 Å². The normalized spacial score (nSPS) is 14.8. The molecule has 0 saturated carbocycles. The highest BCUT2D eigenvalue weighted by Gasteiger charge is 2.35. The molecule has 1 aliphatic rings. The molecule has 1 fully saturated rings. The van der Waals surface area contributed by atoms with Crippen LogP contribution in [-0.4, -0.2) is 23.2 Å². The van der Waals surface area contributed by atoms with Gasteiger partial charge >= 0.3 is 0 Å². The summed E-state index contributed by atoms with van der Waals surface area (Å²) in [4.78, 5) is 27.0. The highest BCUT2D eigenvalue weighted by molar-refractivity contribution is 9.10. The smallest absolute Gasteiger partial charge is 0.293 e. The second-order valence-electron chi connectivity index (χ2n) is 7.59. The first-order valence-corrected chi connectivity index (χ1v) is 11.9. The molecule has 0 aromatic heterocycles. The minimum Gasteiger partial charge on any atom is -0.493 e. The maximum absolute atomic E-state index is 12.9. The molecule has 1 saturated heterocycles. The fourth-order valence-corrected chi connectivity index (χ4v) is 4.75. The molecule has 33 heavy (non-hydrogen) atoms. The highest BCUT2D eigenvalue weighted by Crippen LogP contribution is 2.35. The molecule has 0 radical (unpaired) electrons. The zero-order valence-electron chi connectivity index (χ0n) is 18.2. The number of rotatable bonds is 7. The molecule has 3 aromatic carbocycles. The highest BCUT2D eigenvalue weighted by atomic mass is 79.9. The molecule has 0 spiro atoms. The summed E-state index contributed by atoms with van der Waals surface area (Å²) in [5.41, 5.74) is 3.87. The van der Waals surface area contributed by atoms with Gasteiger partial charge in [0, 0.05) is 4.47 Å². The Kier molecular flexibility index (Phi) is 7.20. The average molecular weight is 524 g/mol. The number of nitrogens with zero attached hydrogens (tertiary/aromatic N) is 1. The Bertz CT molecular complexity index is 1240. The van der Waals surface area contributed by atoms with Gasteiger partial charge in [0.2, 0.25) is 0 Å². The van der Waals surface area contributed by atoms with Gasteiger partial charge in [-0.05, 0) is 65.7 Å². The zero-order valence-corrected chi connectivity index (χ0v) is 20.6. The van der Waals surface area contributed by atoms with Gasteiger partial charge in [0.15, 0.2) is 11.5 Å². The molecule has 3 aromatic rings. The molecule has 0 aliphatic carbocycles. The van der Waals surface area contributed by atoms with E-state index in [9.17, 15) is 9.59 Å². The number of amides is 2. The van der Waals surface area contributed by atoms with Gasteiger partial charge in [0.05, 0.1) is 18.6 Å². The summed E-state index contributed by atoms with van der Waals surface area (Å²) >= 11 is 4.36. The number of methoxy groups -OCH3 is 1. The van der Waals surface area contributed by atoms with E-state index >= 15 is 0 Å². The van der Waals surface area contributed by atoms with E-state index in [0.717, 1.165) is 32.9 Å². The molecule has 2 amide bonds. The summed E-state index contributed by atoms with van der Waals surface area (Å²) in [5, 5.41) is -0.281. The molecule has 0 bridgehead atoms. The Morgan fingerprint density at radius 3 is 2.52 bits per heavy atom. The number of carbonyl (C=O) groups excluding carboxylic acids is 2. The number of carbonyl (C=O) groups is 2. The first-order chi connectivity index (χ1) is 15.9. The number of hydrogen-bond acceptors (Lipinski definition) is 5.